The van der Waals surface area contributed by atoms with Gasteiger partial charge in [-0.3, -0.25) is 4.57 Å². The second-order valence-electron chi connectivity index (χ2n) is 3.71. The first-order valence-electron chi connectivity index (χ1n) is 5.04. The highest BCUT2D eigenvalue weighted by molar-refractivity contribution is 7.54. The van der Waals surface area contributed by atoms with Gasteiger partial charge < -0.3 is 9.05 Å². The van der Waals surface area contributed by atoms with Crippen LogP contribution in [0.3, 0.4) is 0 Å². The molecule has 0 aliphatic heterocycles. The number of hydrogen-bond donors (Lipinski definition) is 0. The van der Waals surface area contributed by atoms with Crippen LogP contribution in [0.4, 0.5) is 0 Å². The van der Waals surface area contributed by atoms with E-state index in [0.29, 0.717) is 0 Å². The lowest BCUT2D eigenvalue weighted by atomic mass is 10.5. The minimum Gasteiger partial charge on any atom is -0.304 e. The molecule has 0 fully saturated rings. The molecule has 0 aliphatic carbocycles. The van der Waals surface area contributed by atoms with Gasteiger partial charge >= 0.3 is 7.60 Å². The molecule has 0 radical (unpaired) electrons. The molecule has 3 atom stereocenters. The van der Waals surface area contributed by atoms with E-state index in [2.05, 4.69) is 0 Å². The van der Waals surface area contributed by atoms with Crippen LogP contribution in [-0.2, 0) is 13.6 Å². The third kappa shape index (κ3) is 7.37. The normalized spacial score (nSPS) is 21.1. The highest BCUT2D eigenvalue weighted by Crippen LogP contribution is 2.51. The van der Waals surface area contributed by atoms with Crippen LogP contribution in [-0.4, -0.2) is 35.5 Å². The minimum absolute atomic E-state index is 0.150. The van der Waals surface area contributed by atoms with Gasteiger partial charge in [0.25, 0.3) is 0 Å². The van der Waals surface area contributed by atoms with Crippen molar-refractivity contribution in [2.75, 3.05) is 17.9 Å². The Morgan fingerprint density at radius 2 is 1.44 bits per heavy atom. The predicted octanol–water partition coefficient (Wildman–Crippen LogP) is 4.09. The monoisotopic (exact) mass is 310 g/mol. The van der Waals surface area contributed by atoms with Gasteiger partial charge in [0.2, 0.25) is 0 Å². The maximum atomic E-state index is 12.3. The van der Waals surface area contributed by atoms with Gasteiger partial charge in [-0.05, 0) is 20.8 Å². The molecule has 0 rings (SSSR count). The molecule has 3 unspecified atom stereocenters. The van der Waals surface area contributed by atoms with Crippen molar-refractivity contribution in [2.24, 2.45) is 0 Å². The molecular formula is C9H18Cl3O3P. The molecule has 0 aliphatic rings. The first-order chi connectivity index (χ1) is 7.33. The van der Waals surface area contributed by atoms with Gasteiger partial charge in [0.1, 0.15) is 0 Å². The van der Waals surface area contributed by atoms with E-state index in [9.17, 15) is 4.57 Å². The van der Waals surface area contributed by atoms with E-state index in [-0.39, 0.29) is 35.5 Å². The summed E-state index contributed by atoms with van der Waals surface area (Å²) < 4.78 is 23.0. The van der Waals surface area contributed by atoms with Crippen molar-refractivity contribution in [2.45, 2.75) is 38.4 Å². The fourth-order valence-electron chi connectivity index (χ4n) is 1.02. The Labute approximate surface area is 112 Å². The second kappa shape index (κ2) is 8.18. The molecule has 16 heavy (non-hydrogen) atoms. The number of halogens is 3. The summed E-state index contributed by atoms with van der Waals surface area (Å²) >= 11 is 17.0. The highest BCUT2D eigenvalue weighted by Gasteiger charge is 2.30. The maximum Gasteiger partial charge on any atom is 0.332 e. The molecular weight excluding hydrogens is 293 g/mol. The average molecular weight is 312 g/mol. The molecule has 98 valence electrons. The summed E-state index contributed by atoms with van der Waals surface area (Å²) in [4.78, 5) is 0. The molecule has 3 nitrogen and oxygen atoms in total. The molecule has 0 saturated carbocycles. The summed E-state index contributed by atoms with van der Waals surface area (Å²) in [7, 11) is -3.22. The molecule has 0 amide bonds. The smallest absolute Gasteiger partial charge is 0.304 e. The van der Waals surface area contributed by atoms with Crippen LogP contribution in [0.15, 0.2) is 0 Å². The van der Waals surface area contributed by atoms with Gasteiger partial charge in [-0.25, -0.2) is 0 Å². The second-order valence-corrected chi connectivity index (χ2v) is 7.09. The van der Waals surface area contributed by atoms with E-state index in [1.165, 1.54) is 0 Å². The van der Waals surface area contributed by atoms with Crippen LogP contribution in [0.2, 0.25) is 0 Å². The van der Waals surface area contributed by atoms with Crippen molar-refractivity contribution in [1.82, 2.24) is 0 Å². The third-order valence-corrected chi connectivity index (χ3v) is 5.19. The number of hydrogen-bond acceptors (Lipinski definition) is 3. The molecule has 7 heteroatoms. The quantitative estimate of drug-likeness (QED) is 0.500. The summed E-state index contributed by atoms with van der Waals surface area (Å²) in [5.41, 5.74) is 0. The van der Waals surface area contributed by atoms with Crippen molar-refractivity contribution in [1.29, 1.82) is 0 Å². The summed E-state index contributed by atoms with van der Waals surface area (Å²) in [6, 6.07) is 0. The van der Waals surface area contributed by atoms with Crippen molar-refractivity contribution in [3.8, 4) is 0 Å². The van der Waals surface area contributed by atoms with Crippen LogP contribution in [0, 0.1) is 0 Å². The van der Waals surface area contributed by atoms with E-state index >= 15 is 0 Å². The van der Waals surface area contributed by atoms with E-state index in [1.54, 1.807) is 20.8 Å². The fourth-order valence-corrected chi connectivity index (χ4v) is 3.92. The molecule has 0 N–H and O–H groups in total. The predicted molar refractivity (Wildman–Crippen MR) is 70.3 cm³/mol. The van der Waals surface area contributed by atoms with E-state index in [4.69, 9.17) is 43.9 Å². The Morgan fingerprint density at radius 3 is 1.69 bits per heavy atom. The van der Waals surface area contributed by atoms with E-state index in [1.807, 2.05) is 0 Å². The molecule has 0 saturated heterocycles. The van der Waals surface area contributed by atoms with Gasteiger partial charge in [-0.1, -0.05) is 0 Å². The van der Waals surface area contributed by atoms with Gasteiger partial charge in [-0.15, -0.1) is 34.8 Å². The Bertz CT molecular complexity index is 222. The molecule has 0 aromatic rings. The van der Waals surface area contributed by atoms with Gasteiger partial charge in [0.05, 0.1) is 18.4 Å². The summed E-state index contributed by atoms with van der Waals surface area (Å²) in [5.74, 6) is 0.499. The molecule has 0 aromatic heterocycles. The third-order valence-electron chi connectivity index (χ3n) is 1.59. The van der Waals surface area contributed by atoms with E-state index in [0.717, 1.165) is 0 Å². The van der Waals surface area contributed by atoms with Crippen LogP contribution < -0.4 is 0 Å². The standard InChI is InChI=1S/C9H18Cl3O3P/c1-7(12)6-16(13,14-8(2)4-10)15-9(3)5-11/h7-9H,4-6H2,1-3H3. The zero-order chi connectivity index (χ0) is 12.8. The zero-order valence-electron chi connectivity index (χ0n) is 9.66. The van der Waals surface area contributed by atoms with Crippen LogP contribution in [0.5, 0.6) is 0 Å². The fraction of sp³-hybridized carbons (Fsp3) is 1.00. The largest absolute Gasteiger partial charge is 0.332 e. The van der Waals surface area contributed by atoms with Crippen molar-refractivity contribution in [3.05, 3.63) is 0 Å². The average Bonchev–Trinajstić information content (AvgIpc) is 2.15. The highest BCUT2D eigenvalue weighted by atomic mass is 35.5. The minimum atomic E-state index is -3.22. The number of alkyl halides is 3. The van der Waals surface area contributed by atoms with Crippen molar-refractivity contribution in [3.63, 3.8) is 0 Å². The molecule has 0 bridgehead atoms. The van der Waals surface area contributed by atoms with Crippen LogP contribution in [0.25, 0.3) is 0 Å². The first-order valence-corrected chi connectivity index (χ1v) is 8.28. The van der Waals surface area contributed by atoms with Gasteiger partial charge in [0, 0.05) is 17.1 Å². The lowest BCUT2D eigenvalue weighted by molar-refractivity contribution is 0.145. The van der Waals surface area contributed by atoms with Gasteiger partial charge in [-0.2, -0.15) is 0 Å². The van der Waals surface area contributed by atoms with Crippen LogP contribution >= 0.6 is 42.4 Å². The Morgan fingerprint density at radius 1 is 1.06 bits per heavy atom. The van der Waals surface area contributed by atoms with Crippen molar-refractivity contribution >= 4 is 42.4 Å². The first kappa shape index (κ1) is 17.0. The van der Waals surface area contributed by atoms with Crippen LogP contribution in [0.1, 0.15) is 20.8 Å². The SMILES string of the molecule is CC(Cl)CP(=O)(OC(C)CCl)OC(C)CCl. The van der Waals surface area contributed by atoms with Gasteiger partial charge in [0.15, 0.2) is 0 Å². The number of rotatable bonds is 8. The summed E-state index contributed by atoms with van der Waals surface area (Å²) in [6.45, 7) is 5.19. The van der Waals surface area contributed by atoms with E-state index < -0.39 is 7.60 Å². The molecule has 0 heterocycles. The Balaban J connectivity index is 4.54. The summed E-state index contributed by atoms with van der Waals surface area (Å²) in [6.07, 6.45) is -0.535. The molecule has 0 spiro atoms. The lowest BCUT2D eigenvalue weighted by Gasteiger charge is -2.24. The zero-order valence-corrected chi connectivity index (χ0v) is 12.8. The Hall–Kier alpha value is 1.02. The lowest BCUT2D eigenvalue weighted by Crippen LogP contribution is -2.18. The topological polar surface area (TPSA) is 35.5 Å². The Kier molecular flexibility index (Phi) is 8.70. The van der Waals surface area contributed by atoms with Crippen molar-refractivity contribution < 1.29 is 13.6 Å². The maximum absolute atomic E-state index is 12.3. The summed E-state index contributed by atoms with van der Waals surface area (Å²) in [5, 5.41) is -0.295. The molecule has 0 aromatic carbocycles.